The van der Waals surface area contributed by atoms with Crippen LogP contribution in [0.1, 0.15) is 17.1 Å². The predicted octanol–water partition coefficient (Wildman–Crippen LogP) is 3.78. The Labute approximate surface area is 114 Å². The molecule has 6 heteroatoms. The second-order valence-electron chi connectivity index (χ2n) is 4.31. The van der Waals surface area contributed by atoms with E-state index in [4.69, 9.17) is 4.42 Å². The Kier molecular flexibility index (Phi) is 4.34. The Morgan fingerprint density at radius 1 is 1.05 bits per heavy atom. The maximum Gasteiger partial charge on any atom is 0.573 e. The van der Waals surface area contributed by atoms with Gasteiger partial charge in [0.15, 0.2) is 0 Å². The van der Waals surface area contributed by atoms with Crippen LogP contribution in [-0.4, -0.2) is 6.36 Å². The van der Waals surface area contributed by atoms with Crippen LogP contribution in [0.15, 0.2) is 40.8 Å². The molecule has 0 unspecified atom stereocenters. The lowest BCUT2D eigenvalue weighted by Gasteiger charge is -2.09. The third kappa shape index (κ3) is 4.62. The number of alkyl halides is 3. The van der Waals surface area contributed by atoms with Crippen molar-refractivity contribution in [2.24, 2.45) is 0 Å². The molecule has 108 valence electrons. The lowest BCUT2D eigenvalue weighted by molar-refractivity contribution is -0.274. The van der Waals surface area contributed by atoms with E-state index in [1.54, 1.807) is 12.1 Å². The monoisotopic (exact) mass is 285 g/mol. The molecule has 0 spiro atoms. The normalized spacial score (nSPS) is 11.6. The van der Waals surface area contributed by atoms with Gasteiger partial charge in [-0.25, -0.2) is 0 Å². The molecule has 1 aromatic carbocycles. The van der Waals surface area contributed by atoms with Crippen LogP contribution in [0, 0.1) is 6.92 Å². The number of rotatable bonds is 5. The second kappa shape index (κ2) is 6.00. The van der Waals surface area contributed by atoms with E-state index in [0.29, 0.717) is 13.1 Å². The number of ether oxygens (including phenoxy) is 1. The summed E-state index contributed by atoms with van der Waals surface area (Å²) in [5.74, 6) is 1.44. The van der Waals surface area contributed by atoms with Gasteiger partial charge in [0.2, 0.25) is 0 Å². The SMILES string of the molecule is Cc1ccc(CNCc2ccc(OC(F)(F)F)cc2)o1. The van der Waals surface area contributed by atoms with Crippen molar-refractivity contribution in [2.75, 3.05) is 0 Å². The van der Waals surface area contributed by atoms with Gasteiger partial charge in [0, 0.05) is 6.54 Å². The Bertz CT molecular complexity index is 546. The van der Waals surface area contributed by atoms with Crippen molar-refractivity contribution >= 4 is 0 Å². The van der Waals surface area contributed by atoms with Gasteiger partial charge in [0.1, 0.15) is 17.3 Å². The summed E-state index contributed by atoms with van der Waals surface area (Å²) in [5.41, 5.74) is 0.864. The van der Waals surface area contributed by atoms with Crippen LogP contribution >= 0.6 is 0 Å². The quantitative estimate of drug-likeness (QED) is 0.908. The third-order valence-corrected chi connectivity index (χ3v) is 2.58. The number of hydrogen-bond donors (Lipinski definition) is 1. The molecule has 20 heavy (non-hydrogen) atoms. The zero-order chi connectivity index (χ0) is 14.6. The summed E-state index contributed by atoms with van der Waals surface area (Å²) in [6.07, 6.45) is -4.66. The van der Waals surface area contributed by atoms with Gasteiger partial charge in [-0.1, -0.05) is 12.1 Å². The second-order valence-corrected chi connectivity index (χ2v) is 4.31. The maximum absolute atomic E-state index is 12.0. The molecule has 2 rings (SSSR count). The summed E-state index contributed by atoms with van der Waals surface area (Å²) in [6, 6.07) is 9.51. The molecule has 1 N–H and O–H groups in total. The third-order valence-electron chi connectivity index (χ3n) is 2.58. The average Bonchev–Trinajstić information content (AvgIpc) is 2.75. The zero-order valence-corrected chi connectivity index (χ0v) is 10.8. The predicted molar refractivity (Wildman–Crippen MR) is 67.1 cm³/mol. The molecule has 0 aliphatic carbocycles. The van der Waals surface area contributed by atoms with Gasteiger partial charge in [-0.3, -0.25) is 0 Å². The number of halogens is 3. The fourth-order valence-electron chi connectivity index (χ4n) is 1.72. The fourth-order valence-corrected chi connectivity index (χ4v) is 1.72. The Hall–Kier alpha value is -1.95. The van der Waals surface area contributed by atoms with Crippen LogP contribution < -0.4 is 10.1 Å². The molecule has 1 heterocycles. The Balaban J connectivity index is 1.82. The van der Waals surface area contributed by atoms with Crippen LogP contribution in [0.2, 0.25) is 0 Å². The van der Waals surface area contributed by atoms with Crippen molar-refractivity contribution in [3.63, 3.8) is 0 Å². The lowest BCUT2D eigenvalue weighted by Crippen LogP contribution is -2.17. The molecule has 2 aromatic rings. The number of nitrogens with one attached hydrogen (secondary N) is 1. The molecule has 0 aliphatic heterocycles. The molecule has 0 bridgehead atoms. The molecule has 0 saturated carbocycles. The van der Waals surface area contributed by atoms with Crippen LogP contribution in [0.25, 0.3) is 0 Å². The van der Waals surface area contributed by atoms with E-state index in [0.717, 1.165) is 17.1 Å². The van der Waals surface area contributed by atoms with Crippen molar-refractivity contribution in [1.82, 2.24) is 5.32 Å². The largest absolute Gasteiger partial charge is 0.573 e. The minimum Gasteiger partial charge on any atom is -0.465 e. The van der Waals surface area contributed by atoms with E-state index in [-0.39, 0.29) is 5.75 Å². The molecule has 0 saturated heterocycles. The number of benzene rings is 1. The van der Waals surface area contributed by atoms with E-state index >= 15 is 0 Å². The van der Waals surface area contributed by atoms with Gasteiger partial charge in [-0.05, 0) is 36.8 Å². The zero-order valence-electron chi connectivity index (χ0n) is 10.8. The van der Waals surface area contributed by atoms with Crippen molar-refractivity contribution in [2.45, 2.75) is 26.4 Å². The minimum atomic E-state index is -4.66. The van der Waals surface area contributed by atoms with E-state index in [1.807, 2.05) is 19.1 Å². The van der Waals surface area contributed by atoms with Crippen molar-refractivity contribution in [1.29, 1.82) is 0 Å². The average molecular weight is 285 g/mol. The standard InChI is InChI=1S/C14H14F3NO2/c1-10-2-5-13(19-10)9-18-8-11-3-6-12(7-4-11)20-14(15,16)17/h2-7,18H,8-9H2,1H3. The topological polar surface area (TPSA) is 34.4 Å². The fraction of sp³-hybridized carbons (Fsp3) is 0.286. The van der Waals surface area contributed by atoms with Crippen molar-refractivity contribution in [3.05, 3.63) is 53.5 Å². The molecule has 0 aliphatic rings. The summed E-state index contributed by atoms with van der Waals surface area (Å²) >= 11 is 0. The van der Waals surface area contributed by atoms with Crippen LogP contribution in [0.4, 0.5) is 13.2 Å². The first-order valence-electron chi connectivity index (χ1n) is 6.03. The minimum absolute atomic E-state index is 0.220. The van der Waals surface area contributed by atoms with Crippen LogP contribution in [0.3, 0.4) is 0 Å². The van der Waals surface area contributed by atoms with E-state index in [2.05, 4.69) is 10.1 Å². The highest BCUT2D eigenvalue weighted by atomic mass is 19.4. The van der Waals surface area contributed by atoms with Crippen molar-refractivity contribution in [3.8, 4) is 5.75 Å². The smallest absolute Gasteiger partial charge is 0.465 e. The summed E-state index contributed by atoms with van der Waals surface area (Å²) in [4.78, 5) is 0. The van der Waals surface area contributed by atoms with Gasteiger partial charge >= 0.3 is 6.36 Å². The van der Waals surface area contributed by atoms with Gasteiger partial charge in [-0.15, -0.1) is 13.2 Å². The summed E-state index contributed by atoms with van der Waals surface area (Å²) < 4.78 is 45.2. The molecule has 0 fully saturated rings. The molecule has 0 amide bonds. The first kappa shape index (κ1) is 14.5. The highest BCUT2D eigenvalue weighted by molar-refractivity contribution is 5.27. The molecular formula is C14H14F3NO2. The van der Waals surface area contributed by atoms with Gasteiger partial charge in [0.25, 0.3) is 0 Å². The van der Waals surface area contributed by atoms with Gasteiger partial charge < -0.3 is 14.5 Å². The van der Waals surface area contributed by atoms with Crippen molar-refractivity contribution < 1.29 is 22.3 Å². The maximum atomic E-state index is 12.0. The Morgan fingerprint density at radius 3 is 2.30 bits per heavy atom. The van der Waals surface area contributed by atoms with Gasteiger partial charge in [-0.2, -0.15) is 0 Å². The molecule has 0 atom stereocenters. The van der Waals surface area contributed by atoms with Gasteiger partial charge in [0.05, 0.1) is 6.54 Å². The van der Waals surface area contributed by atoms with Crippen LogP contribution in [0.5, 0.6) is 5.75 Å². The van der Waals surface area contributed by atoms with E-state index in [9.17, 15) is 13.2 Å². The highest BCUT2D eigenvalue weighted by Gasteiger charge is 2.30. The summed E-state index contributed by atoms with van der Waals surface area (Å²) in [5, 5.41) is 3.14. The molecule has 0 radical (unpaired) electrons. The molecular weight excluding hydrogens is 271 g/mol. The molecule has 3 nitrogen and oxygen atoms in total. The number of hydrogen-bond acceptors (Lipinski definition) is 3. The number of furan rings is 1. The first-order valence-corrected chi connectivity index (χ1v) is 6.03. The lowest BCUT2D eigenvalue weighted by atomic mass is 10.2. The summed E-state index contributed by atoms with van der Waals surface area (Å²) in [6.45, 7) is 2.96. The summed E-state index contributed by atoms with van der Waals surface area (Å²) in [7, 11) is 0. The Morgan fingerprint density at radius 2 is 1.75 bits per heavy atom. The number of aryl methyl sites for hydroxylation is 1. The van der Waals surface area contributed by atoms with E-state index < -0.39 is 6.36 Å². The first-order chi connectivity index (χ1) is 9.42. The van der Waals surface area contributed by atoms with Crippen LogP contribution in [-0.2, 0) is 13.1 Å². The molecule has 1 aromatic heterocycles. The van der Waals surface area contributed by atoms with E-state index in [1.165, 1.54) is 12.1 Å². The highest BCUT2D eigenvalue weighted by Crippen LogP contribution is 2.22.